The summed E-state index contributed by atoms with van der Waals surface area (Å²) in [5.41, 5.74) is -0.821. The van der Waals surface area contributed by atoms with Crippen molar-refractivity contribution < 1.29 is 24.5 Å². The Bertz CT molecular complexity index is 564. The summed E-state index contributed by atoms with van der Waals surface area (Å²) in [5, 5.41) is 21.9. The molecule has 1 aliphatic rings. The quantitative estimate of drug-likeness (QED) is 0.774. The van der Waals surface area contributed by atoms with E-state index < -0.39 is 17.3 Å². The van der Waals surface area contributed by atoms with Gasteiger partial charge in [-0.2, -0.15) is 0 Å². The number of benzene rings is 1. The molecule has 1 aliphatic carbocycles. The molecule has 6 heteroatoms. The van der Waals surface area contributed by atoms with Gasteiger partial charge in [0.1, 0.15) is 11.5 Å². The van der Waals surface area contributed by atoms with E-state index in [1.165, 1.54) is 19.2 Å². The first-order chi connectivity index (χ1) is 10.5. The van der Waals surface area contributed by atoms with Crippen molar-refractivity contribution >= 4 is 11.9 Å². The molecule has 1 fully saturated rings. The van der Waals surface area contributed by atoms with E-state index in [-0.39, 0.29) is 17.9 Å². The number of phenols is 1. The summed E-state index contributed by atoms with van der Waals surface area (Å²) in [5.74, 6) is -1.08. The molecule has 1 amide bonds. The first-order valence-electron chi connectivity index (χ1n) is 7.37. The van der Waals surface area contributed by atoms with Gasteiger partial charge in [-0.3, -0.25) is 9.59 Å². The van der Waals surface area contributed by atoms with Gasteiger partial charge in [-0.25, -0.2) is 0 Å². The van der Waals surface area contributed by atoms with Gasteiger partial charge in [0.05, 0.1) is 18.1 Å². The van der Waals surface area contributed by atoms with E-state index in [1.54, 1.807) is 6.07 Å². The van der Waals surface area contributed by atoms with Crippen molar-refractivity contribution in [2.75, 3.05) is 13.7 Å². The third-order valence-corrected chi connectivity index (χ3v) is 4.30. The lowest BCUT2D eigenvalue weighted by molar-refractivity contribution is -0.150. The van der Waals surface area contributed by atoms with Crippen LogP contribution in [-0.4, -0.2) is 35.7 Å². The van der Waals surface area contributed by atoms with Crippen LogP contribution in [0.15, 0.2) is 18.2 Å². The molecule has 1 aromatic carbocycles. The number of aromatic hydroxyl groups is 1. The summed E-state index contributed by atoms with van der Waals surface area (Å²) < 4.78 is 5.03. The van der Waals surface area contributed by atoms with Crippen molar-refractivity contribution in [1.29, 1.82) is 0 Å². The minimum atomic E-state index is -0.900. The number of carbonyl (C=O) groups is 2. The highest BCUT2D eigenvalue weighted by Gasteiger charge is 2.39. The van der Waals surface area contributed by atoms with Crippen LogP contribution in [0.4, 0.5) is 0 Å². The van der Waals surface area contributed by atoms with Gasteiger partial charge in [-0.05, 0) is 31.0 Å². The first-order valence-corrected chi connectivity index (χ1v) is 7.37. The van der Waals surface area contributed by atoms with Crippen LogP contribution in [0.5, 0.6) is 11.5 Å². The Labute approximate surface area is 129 Å². The molecule has 0 radical (unpaired) electrons. The molecular formula is C16H21NO5. The Hall–Kier alpha value is -2.24. The van der Waals surface area contributed by atoms with Gasteiger partial charge in [-0.15, -0.1) is 0 Å². The molecule has 0 bridgehead atoms. The number of hydrogen-bond acceptors (Lipinski definition) is 4. The Morgan fingerprint density at radius 1 is 1.27 bits per heavy atom. The predicted octanol–water partition coefficient (Wildman–Crippen LogP) is 2.17. The van der Waals surface area contributed by atoms with Crippen LogP contribution in [0, 0.1) is 5.41 Å². The number of phenolic OH excluding ortho intramolecular Hbond substituents is 1. The second kappa shape index (κ2) is 6.68. The zero-order valence-electron chi connectivity index (χ0n) is 12.6. The summed E-state index contributed by atoms with van der Waals surface area (Å²) in [4.78, 5) is 23.8. The van der Waals surface area contributed by atoms with E-state index in [9.17, 15) is 19.8 Å². The standard InChI is InChI=1S/C16H21NO5/c1-22-11-5-6-13(18)12(9-11)14(19)17-10-16(15(20)21)7-3-2-4-8-16/h5-6,9,18H,2-4,7-8,10H2,1H3,(H,17,19)(H,20,21). The minimum Gasteiger partial charge on any atom is -0.507 e. The molecule has 0 unspecified atom stereocenters. The molecule has 6 nitrogen and oxygen atoms in total. The number of amides is 1. The number of rotatable bonds is 5. The fourth-order valence-corrected chi connectivity index (χ4v) is 2.86. The summed E-state index contributed by atoms with van der Waals surface area (Å²) in [6, 6.07) is 4.35. The van der Waals surface area contributed by atoms with Gasteiger partial charge < -0.3 is 20.3 Å². The highest BCUT2D eigenvalue weighted by atomic mass is 16.5. The SMILES string of the molecule is COc1ccc(O)c(C(=O)NCC2(C(=O)O)CCCCC2)c1. The van der Waals surface area contributed by atoms with Crippen LogP contribution in [0.25, 0.3) is 0 Å². The van der Waals surface area contributed by atoms with E-state index in [1.807, 2.05) is 0 Å². The number of nitrogens with one attached hydrogen (secondary N) is 1. The number of hydrogen-bond donors (Lipinski definition) is 3. The van der Waals surface area contributed by atoms with E-state index in [0.29, 0.717) is 18.6 Å². The lowest BCUT2D eigenvalue weighted by Crippen LogP contribution is -2.44. The van der Waals surface area contributed by atoms with Crippen LogP contribution >= 0.6 is 0 Å². The Morgan fingerprint density at radius 3 is 2.55 bits per heavy atom. The third-order valence-electron chi connectivity index (χ3n) is 4.30. The summed E-state index contributed by atoms with van der Waals surface area (Å²) >= 11 is 0. The molecular weight excluding hydrogens is 286 g/mol. The molecule has 0 aromatic heterocycles. The number of carbonyl (C=O) groups excluding carboxylic acids is 1. The van der Waals surface area contributed by atoms with Crippen LogP contribution in [0.3, 0.4) is 0 Å². The fourth-order valence-electron chi connectivity index (χ4n) is 2.86. The van der Waals surface area contributed by atoms with Crippen molar-refractivity contribution in [1.82, 2.24) is 5.32 Å². The van der Waals surface area contributed by atoms with Crippen LogP contribution in [-0.2, 0) is 4.79 Å². The maximum atomic E-state index is 12.2. The molecule has 22 heavy (non-hydrogen) atoms. The molecule has 0 spiro atoms. The van der Waals surface area contributed by atoms with Gasteiger partial charge in [-0.1, -0.05) is 19.3 Å². The number of carboxylic acids is 1. The second-order valence-electron chi connectivity index (χ2n) is 5.71. The van der Waals surface area contributed by atoms with E-state index >= 15 is 0 Å². The third kappa shape index (κ3) is 3.32. The maximum absolute atomic E-state index is 12.2. The lowest BCUT2D eigenvalue weighted by atomic mass is 9.74. The van der Waals surface area contributed by atoms with Crippen molar-refractivity contribution in [3.63, 3.8) is 0 Å². The van der Waals surface area contributed by atoms with E-state index in [0.717, 1.165) is 19.3 Å². The molecule has 0 heterocycles. The smallest absolute Gasteiger partial charge is 0.311 e. The highest BCUT2D eigenvalue weighted by Crippen LogP contribution is 2.36. The topological polar surface area (TPSA) is 95.9 Å². The zero-order valence-corrected chi connectivity index (χ0v) is 12.6. The fraction of sp³-hybridized carbons (Fsp3) is 0.500. The zero-order chi connectivity index (χ0) is 16.2. The average molecular weight is 307 g/mol. The van der Waals surface area contributed by atoms with Gasteiger partial charge in [0, 0.05) is 6.54 Å². The average Bonchev–Trinajstić information content (AvgIpc) is 2.54. The van der Waals surface area contributed by atoms with Crippen LogP contribution in [0.2, 0.25) is 0 Å². The van der Waals surface area contributed by atoms with Crippen molar-refractivity contribution in [2.45, 2.75) is 32.1 Å². The number of aliphatic carboxylic acids is 1. The van der Waals surface area contributed by atoms with Gasteiger partial charge in [0.2, 0.25) is 0 Å². The van der Waals surface area contributed by atoms with Gasteiger partial charge in [0.25, 0.3) is 5.91 Å². The number of methoxy groups -OCH3 is 1. The Kier molecular flexibility index (Phi) is 4.90. The first kappa shape index (κ1) is 16.1. The molecule has 0 atom stereocenters. The van der Waals surface area contributed by atoms with Crippen molar-refractivity contribution in [3.05, 3.63) is 23.8 Å². The molecule has 0 aliphatic heterocycles. The van der Waals surface area contributed by atoms with Crippen LogP contribution in [0.1, 0.15) is 42.5 Å². The molecule has 3 N–H and O–H groups in total. The summed E-state index contributed by atoms with van der Waals surface area (Å²) in [6.07, 6.45) is 3.86. The second-order valence-corrected chi connectivity index (χ2v) is 5.71. The molecule has 0 saturated heterocycles. The van der Waals surface area contributed by atoms with E-state index in [2.05, 4.69) is 5.32 Å². The maximum Gasteiger partial charge on any atom is 0.311 e. The molecule has 120 valence electrons. The largest absolute Gasteiger partial charge is 0.507 e. The monoisotopic (exact) mass is 307 g/mol. The molecule has 2 rings (SSSR count). The van der Waals surface area contributed by atoms with Crippen molar-refractivity contribution in [3.8, 4) is 11.5 Å². The number of carboxylic acid groups (broad SMARTS) is 1. The predicted molar refractivity (Wildman–Crippen MR) is 80.1 cm³/mol. The Balaban J connectivity index is 2.10. The van der Waals surface area contributed by atoms with Crippen LogP contribution < -0.4 is 10.1 Å². The van der Waals surface area contributed by atoms with Gasteiger partial charge in [0.15, 0.2) is 0 Å². The van der Waals surface area contributed by atoms with E-state index in [4.69, 9.17) is 4.74 Å². The summed E-state index contributed by atoms with van der Waals surface area (Å²) in [6.45, 7) is 0.0673. The molecule has 1 saturated carbocycles. The summed E-state index contributed by atoms with van der Waals surface area (Å²) in [7, 11) is 1.47. The van der Waals surface area contributed by atoms with Crippen molar-refractivity contribution in [2.24, 2.45) is 5.41 Å². The molecule has 1 aromatic rings. The minimum absolute atomic E-state index is 0.0673. The Morgan fingerprint density at radius 2 is 1.95 bits per heavy atom. The van der Waals surface area contributed by atoms with Gasteiger partial charge >= 0.3 is 5.97 Å². The number of ether oxygens (including phenoxy) is 1. The lowest BCUT2D eigenvalue weighted by Gasteiger charge is -2.33. The normalized spacial score (nSPS) is 16.8. The highest BCUT2D eigenvalue weighted by molar-refractivity contribution is 5.97.